The summed E-state index contributed by atoms with van der Waals surface area (Å²) in [6, 6.07) is 10.8. The molecule has 2 N–H and O–H groups in total. The topological polar surface area (TPSA) is 24.1 Å². The Labute approximate surface area is 123 Å². The smallest absolute Gasteiger partial charge is 0.0294 e. The summed E-state index contributed by atoms with van der Waals surface area (Å²) in [7, 11) is 0. The summed E-state index contributed by atoms with van der Waals surface area (Å²) < 4.78 is 0. The summed E-state index contributed by atoms with van der Waals surface area (Å²) in [6.07, 6.45) is 6.87. The fourth-order valence-electron chi connectivity index (χ4n) is 4.11. The molecule has 1 aromatic carbocycles. The molecule has 0 aromatic heterocycles. The molecular weight excluding hydrogens is 244 g/mol. The van der Waals surface area contributed by atoms with Gasteiger partial charge < -0.3 is 10.6 Å². The SMILES string of the molecule is Cc1cccc([C@H](C)NC2CCCC2C2CCCN2)c1. The molecule has 2 fully saturated rings. The van der Waals surface area contributed by atoms with Crippen molar-refractivity contribution in [1.29, 1.82) is 0 Å². The Balaban J connectivity index is 1.64. The minimum Gasteiger partial charge on any atom is -0.314 e. The quantitative estimate of drug-likeness (QED) is 0.875. The molecule has 3 unspecified atom stereocenters. The van der Waals surface area contributed by atoms with Crippen molar-refractivity contribution in [3.63, 3.8) is 0 Å². The minimum atomic E-state index is 0.460. The van der Waals surface area contributed by atoms with E-state index in [2.05, 4.69) is 48.7 Å². The summed E-state index contributed by atoms with van der Waals surface area (Å²) in [5, 5.41) is 7.62. The van der Waals surface area contributed by atoms with E-state index in [1.165, 1.54) is 49.8 Å². The normalized spacial score (nSPS) is 31.6. The molecule has 20 heavy (non-hydrogen) atoms. The van der Waals surface area contributed by atoms with Gasteiger partial charge in [0.05, 0.1) is 0 Å². The van der Waals surface area contributed by atoms with Gasteiger partial charge in [0, 0.05) is 18.1 Å². The highest BCUT2D eigenvalue weighted by Crippen LogP contribution is 2.33. The number of hydrogen-bond acceptors (Lipinski definition) is 2. The lowest BCUT2D eigenvalue weighted by Gasteiger charge is -2.29. The monoisotopic (exact) mass is 272 g/mol. The second-order valence-corrected chi connectivity index (χ2v) is 6.71. The molecule has 2 nitrogen and oxygen atoms in total. The Morgan fingerprint density at radius 3 is 2.85 bits per heavy atom. The lowest BCUT2D eigenvalue weighted by atomic mass is 9.92. The highest BCUT2D eigenvalue weighted by molar-refractivity contribution is 5.24. The van der Waals surface area contributed by atoms with Gasteiger partial charge in [-0.15, -0.1) is 0 Å². The number of hydrogen-bond donors (Lipinski definition) is 2. The van der Waals surface area contributed by atoms with Crippen molar-refractivity contribution in [2.45, 2.75) is 64.1 Å². The predicted molar refractivity (Wildman–Crippen MR) is 84.9 cm³/mol. The molecule has 1 saturated heterocycles. The van der Waals surface area contributed by atoms with Crippen molar-refractivity contribution in [1.82, 2.24) is 10.6 Å². The minimum absolute atomic E-state index is 0.460. The first-order valence-corrected chi connectivity index (χ1v) is 8.30. The van der Waals surface area contributed by atoms with E-state index in [0.717, 1.165) is 12.0 Å². The Bertz CT molecular complexity index is 437. The average molecular weight is 272 g/mol. The highest BCUT2D eigenvalue weighted by atomic mass is 15.0. The van der Waals surface area contributed by atoms with Gasteiger partial charge in [-0.2, -0.15) is 0 Å². The molecule has 0 bridgehead atoms. The van der Waals surface area contributed by atoms with E-state index in [1.807, 2.05) is 0 Å². The third-order valence-electron chi connectivity index (χ3n) is 5.19. The second kappa shape index (κ2) is 6.28. The van der Waals surface area contributed by atoms with Crippen LogP contribution in [0.25, 0.3) is 0 Å². The zero-order valence-electron chi connectivity index (χ0n) is 12.9. The summed E-state index contributed by atoms with van der Waals surface area (Å²) in [4.78, 5) is 0. The summed E-state index contributed by atoms with van der Waals surface area (Å²) in [5.74, 6) is 0.838. The van der Waals surface area contributed by atoms with Crippen LogP contribution in [0.4, 0.5) is 0 Å². The molecule has 0 amide bonds. The molecule has 2 aliphatic rings. The third-order valence-corrected chi connectivity index (χ3v) is 5.19. The number of nitrogens with one attached hydrogen (secondary N) is 2. The Morgan fingerprint density at radius 2 is 2.10 bits per heavy atom. The van der Waals surface area contributed by atoms with Crippen LogP contribution in [0, 0.1) is 12.8 Å². The van der Waals surface area contributed by atoms with Crippen molar-refractivity contribution in [2.75, 3.05) is 6.54 Å². The van der Waals surface area contributed by atoms with Crippen LogP contribution >= 0.6 is 0 Å². The zero-order chi connectivity index (χ0) is 13.9. The standard InChI is InChI=1S/C18H28N2/c1-13-6-3-7-15(12-13)14(2)20-18-9-4-8-16(18)17-10-5-11-19-17/h3,6-7,12,14,16-20H,4-5,8-11H2,1-2H3/t14-,16?,17?,18?/m0/s1. The second-order valence-electron chi connectivity index (χ2n) is 6.71. The lowest BCUT2D eigenvalue weighted by Crippen LogP contribution is -2.42. The van der Waals surface area contributed by atoms with Gasteiger partial charge >= 0.3 is 0 Å². The number of aryl methyl sites for hydroxylation is 1. The van der Waals surface area contributed by atoms with E-state index in [1.54, 1.807) is 0 Å². The molecule has 110 valence electrons. The fourth-order valence-corrected chi connectivity index (χ4v) is 4.11. The maximum absolute atomic E-state index is 3.91. The van der Waals surface area contributed by atoms with E-state index < -0.39 is 0 Å². The van der Waals surface area contributed by atoms with Gasteiger partial charge in [0.1, 0.15) is 0 Å². The first-order chi connectivity index (χ1) is 9.74. The van der Waals surface area contributed by atoms with E-state index in [9.17, 15) is 0 Å². The van der Waals surface area contributed by atoms with Crippen LogP contribution in [-0.2, 0) is 0 Å². The van der Waals surface area contributed by atoms with Crippen molar-refractivity contribution in [2.24, 2.45) is 5.92 Å². The van der Waals surface area contributed by atoms with Gasteiger partial charge in [-0.05, 0) is 57.6 Å². The molecule has 0 spiro atoms. The van der Waals surface area contributed by atoms with Gasteiger partial charge in [-0.3, -0.25) is 0 Å². The van der Waals surface area contributed by atoms with Crippen LogP contribution in [0.15, 0.2) is 24.3 Å². The maximum Gasteiger partial charge on any atom is 0.0294 e. The zero-order valence-corrected chi connectivity index (χ0v) is 12.9. The molecule has 1 saturated carbocycles. The number of benzene rings is 1. The van der Waals surface area contributed by atoms with Crippen LogP contribution in [0.2, 0.25) is 0 Å². The Hall–Kier alpha value is -0.860. The van der Waals surface area contributed by atoms with E-state index >= 15 is 0 Å². The first-order valence-electron chi connectivity index (χ1n) is 8.30. The van der Waals surface area contributed by atoms with Crippen LogP contribution in [0.1, 0.15) is 56.2 Å². The summed E-state index contributed by atoms with van der Waals surface area (Å²) in [6.45, 7) is 5.71. The Morgan fingerprint density at radius 1 is 1.20 bits per heavy atom. The van der Waals surface area contributed by atoms with Crippen molar-refractivity contribution < 1.29 is 0 Å². The first kappa shape index (κ1) is 14.1. The molecule has 3 rings (SSSR count). The third kappa shape index (κ3) is 3.07. The van der Waals surface area contributed by atoms with E-state index in [-0.39, 0.29) is 0 Å². The largest absolute Gasteiger partial charge is 0.314 e. The van der Waals surface area contributed by atoms with Crippen LogP contribution < -0.4 is 10.6 Å². The molecular formula is C18H28N2. The van der Waals surface area contributed by atoms with Gasteiger partial charge in [-0.1, -0.05) is 36.2 Å². The summed E-state index contributed by atoms with van der Waals surface area (Å²) in [5.41, 5.74) is 2.78. The molecule has 1 aliphatic heterocycles. The van der Waals surface area contributed by atoms with Gasteiger partial charge in [0.15, 0.2) is 0 Å². The molecule has 0 radical (unpaired) electrons. The van der Waals surface area contributed by atoms with Crippen molar-refractivity contribution in [3.8, 4) is 0 Å². The highest BCUT2D eigenvalue weighted by Gasteiger charge is 2.35. The summed E-state index contributed by atoms with van der Waals surface area (Å²) >= 11 is 0. The maximum atomic E-state index is 3.91. The van der Waals surface area contributed by atoms with Crippen molar-refractivity contribution >= 4 is 0 Å². The van der Waals surface area contributed by atoms with Gasteiger partial charge in [0.2, 0.25) is 0 Å². The van der Waals surface area contributed by atoms with Crippen molar-refractivity contribution in [3.05, 3.63) is 35.4 Å². The fraction of sp³-hybridized carbons (Fsp3) is 0.667. The average Bonchev–Trinajstić information content (AvgIpc) is 3.08. The van der Waals surface area contributed by atoms with Crippen LogP contribution in [0.5, 0.6) is 0 Å². The van der Waals surface area contributed by atoms with E-state index in [4.69, 9.17) is 0 Å². The molecule has 2 heteroatoms. The lowest BCUT2D eigenvalue weighted by molar-refractivity contribution is 0.303. The number of rotatable bonds is 4. The molecule has 1 aromatic rings. The van der Waals surface area contributed by atoms with Gasteiger partial charge in [0.25, 0.3) is 0 Å². The molecule has 1 aliphatic carbocycles. The predicted octanol–water partition coefficient (Wildman–Crippen LogP) is 3.57. The van der Waals surface area contributed by atoms with Crippen LogP contribution in [0.3, 0.4) is 0 Å². The van der Waals surface area contributed by atoms with E-state index in [0.29, 0.717) is 12.1 Å². The Kier molecular flexibility index (Phi) is 4.42. The van der Waals surface area contributed by atoms with Crippen LogP contribution in [-0.4, -0.2) is 18.6 Å². The molecule has 1 heterocycles. The molecule has 4 atom stereocenters. The van der Waals surface area contributed by atoms with Gasteiger partial charge in [-0.25, -0.2) is 0 Å².